The number of carbonyl (C=O) groups is 1. The molecule has 0 saturated heterocycles. The summed E-state index contributed by atoms with van der Waals surface area (Å²) in [7, 11) is -4.65. The van der Waals surface area contributed by atoms with E-state index in [0.29, 0.717) is 13.0 Å². The number of rotatable bonds is 42. The molecule has 7 nitrogen and oxygen atoms in total. The van der Waals surface area contributed by atoms with Crippen molar-refractivity contribution in [2.75, 3.05) is 19.8 Å². The van der Waals surface area contributed by atoms with Gasteiger partial charge in [-0.25, -0.2) is 4.57 Å². The molecule has 0 aromatic rings. The van der Waals surface area contributed by atoms with Gasteiger partial charge in [-0.15, -0.1) is 0 Å². The van der Waals surface area contributed by atoms with Crippen molar-refractivity contribution in [3.05, 3.63) is 12.2 Å². The molecule has 0 amide bonds. The summed E-state index contributed by atoms with van der Waals surface area (Å²) in [5, 5.41) is 0. The van der Waals surface area contributed by atoms with E-state index in [0.717, 1.165) is 32.1 Å². The van der Waals surface area contributed by atoms with Gasteiger partial charge in [0.2, 0.25) is 0 Å². The van der Waals surface area contributed by atoms with Gasteiger partial charge in [0, 0.05) is 13.0 Å². The van der Waals surface area contributed by atoms with E-state index in [1.807, 2.05) is 0 Å². The van der Waals surface area contributed by atoms with E-state index in [4.69, 9.17) is 19.3 Å². The van der Waals surface area contributed by atoms with E-state index in [1.165, 1.54) is 180 Å². The number of phosphoric acid groups is 1. The van der Waals surface area contributed by atoms with Crippen molar-refractivity contribution < 1.29 is 33.1 Å². The van der Waals surface area contributed by atoms with E-state index in [-0.39, 0.29) is 19.2 Å². The second kappa shape index (κ2) is 40.5. The Morgan fingerprint density at radius 3 is 1.25 bits per heavy atom. The molecule has 0 aromatic heterocycles. The third-order valence-corrected chi connectivity index (χ3v) is 10.3. The minimum absolute atomic E-state index is 0.0822. The van der Waals surface area contributed by atoms with E-state index in [1.54, 1.807) is 0 Å². The maximum Gasteiger partial charge on any atom is 0.469 e. The maximum atomic E-state index is 12.4. The highest BCUT2D eigenvalue weighted by molar-refractivity contribution is 7.46. The van der Waals surface area contributed by atoms with Crippen LogP contribution in [0.3, 0.4) is 0 Å². The molecule has 0 unspecified atom stereocenters. The van der Waals surface area contributed by atoms with E-state index < -0.39 is 13.9 Å². The van der Waals surface area contributed by atoms with Gasteiger partial charge >= 0.3 is 13.8 Å². The number of carbonyl (C=O) groups excluding carboxylic acids is 1. The van der Waals surface area contributed by atoms with Crippen LogP contribution in [0.5, 0.6) is 0 Å². The minimum Gasteiger partial charge on any atom is -0.457 e. The summed E-state index contributed by atoms with van der Waals surface area (Å²) in [6, 6.07) is 0. The molecule has 51 heavy (non-hydrogen) atoms. The van der Waals surface area contributed by atoms with Gasteiger partial charge in [0.1, 0.15) is 6.10 Å². The fraction of sp³-hybridized carbons (Fsp3) is 0.930. The van der Waals surface area contributed by atoms with Crippen molar-refractivity contribution in [3.63, 3.8) is 0 Å². The van der Waals surface area contributed by atoms with Crippen LogP contribution in [0.25, 0.3) is 0 Å². The highest BCUT2D eigenvalue weighted by atomic mass is 31.2. The molecule has 0 radical (unpaired) electrons. The number of unbranched alkanes of at least 4 members (excludes halogenated alkanes) is 30. The van der Waals surface area contributed by atoms with Crippen LogP contribution in [0, 0.1) is 0 Å². The smallest absolute Gasteiger partial charge is 0.457 e. The van der Waals surface area contributed by atoms with Crippen molar-refractivity contribution in [1.29, 1.82) is 0 Å². The van der Waals surface area contributed by atoms with Crippen LogP contribution < -0.4 is 0 Å². The second-order valence-electron chi connectivity index (χ2n) is 15.0. The minimum atomic E-state index is -4.65. The standard InChI is InChI=1S/C43H85O7P/c1-3-5-7-9-11-13-15-17-19-21-22-23-24-26-28-30-32-34-36-38-43(44)50-42(41-49-51(45,46)47)40-48-39-37-35-33-31-29-27-25-20-18-16-14-12-10-8-6-4-2/h21-22,42H,3-20,23-41H2,1-2H3,(H2,45,46,47)/b22-21-/t42-/m1/s1. The summed E-state index contributed by atoms with van der Waals surface area (Å²) < 4.78 is 27.0. The quantitative estimate of drug-likeness (QED) is 0.0278. The summed E-state index contributed by atoms with van der Waals surface area (Å²) in [5.41, 5.74) is 0. The van der Waals surface area contributed by atoms with Crippen molar-refractivity contribution >= 4 is 13.8 Å². The molecule has 0 saturated carbocycles. The molecule has 0 aliphatic rings. The molecular weight excluding hydrogens is 659 g/mol. The Morgan fingerprint density at radius 1 is 0.510 bits per heavy atom. The summed E-state index contributed by atoms with van der Waals surface area (Å²) in [5.74, 6) is -0.362. The van der Waals surface area contributed by atoms with Crippen LogP contribution in [-0.4, -0.2) is 41.7 Å². The molecule has 304 valence electrons. The molecule has 2 N–H and O–H groups in total. The number of hydrogen-bond acceptors (Lipinski definition) is 5. The number of allylic oxidation sites excluding steroid dienone is 2. The molecule has 1 atom stereocenters. The SMILES string of the molecule is CCCCCCCCCC/C=C\CCCCCCCCCC(=O)O[C@H](COCCCCCCCCCCCCCCCCCC)COP(=O)(O)O. The Balaban J connectivity index is 3.75. The first-order valence-corrected chi connectivity index (χ1v) is 23.5. The lowest BCUT2D eigenvalue weighted by atomic mass is 10.0. The molecule has 8 heteroatoms. The first-order valence-electron chi connectivity index (χ1n) is 22.0. The topological polar surface area (TPSA) is 102 Å². The Kier molecular flexibility index (Phi) is 39.9. The van der Waals surface area contributed by atoms with Gasteiger partial charge < -0.3 is 19.3 Å². The van der Waals surface area contributed by atoms with Gasteiger partial charge in [-0.2, -0.15) is 0 Å². The molecular formula is C43H85O7P. The predicted molar refractivity (Wildman–Crippen MR) is 216 cm³/mol. The van der Waals surface area contributed by atoms with Crippen LogP contribution >= 0.6 is 7.82 Å². The van der Waals surface area contributed by atoms with Gasteiger partial charge in [-0.3, -0.25) is 9.32 Å². The molecule has 0 aromatic carbocycles. The van der Waals surface area contributed by atoms with E-state index in [2.05, 4.69) is 30.5 Å². The number of hydrogen-bond donors (Lipinski definition) is 2. The Hall–Kier alpha value is -0.720. The van der Waals surface area contributed by atoms with Crippen LogP contribution in [0.2, 0.25) is 0 Å². The molecule has 0 spiro atoms. The van der Waals surface area contributed by atoms with Crippen LogP contribution in [-0.2, 0) is 23.4 Å². The summed E-state index contributed by atoms with van der Waals surface area (Å²) >= 11 is 0. The summed E-state index contributed by atoms with van der Waals surface area (Å²) in [6.45, 7) is 4.79. The molecule has 0 rings (SSSR count). The predicted octanol–water partition coefficient (Wildman–Crippen LogP) is 13.9. The Labute approximate surface area is 316 Å². The largest absolute Gasteiger partial charge is 0.469 e. The maximum absolute atomic E-state index is 12.4. The van der Waals surface area contributed by atoms with Gasteiger partial charge in [0.05, 0.1) is 13.2 Å². The highest BCUT2D eigenvalue weighted by Gasteiger charge is 2.21. The first kappa shape index (κ1) is 50.3. The normalized spacial score (nSPS) is 12.6. The highest BCUT2D eigenvalue weighted by Crippen LogP contribution is 2.36. The molecule has 0 fully saturated rings. The van der Waals surface area contributed by atoms with Crippen molar-refractivity contribution in [3.8, 4) is 0 Å². The van der Waals surface area contributed by atoms with Gasteiger partial charge in [0.15, 0.2) is 0 Å². The third-order valence-electron chi connectivity index (χ3n) is 9.82. The molecule has 0 heterocycles. The lowest BCUT2D eigenvalue weighted by Crippen LogP contribution is -2.28. The lowest BCUT2D eigenvalue weighted by molar-refractivity contribution is -0.154. The zero-order valence-corrected chi connectivity index (χ0v) is 34.7. The van der Waals surface area contributed by atoms with Crippen LogP contribution in [0.15, 0.2) is 12.2 Å². The average Bonchev–Trinajstić information content (AvgIpc) is 3.10. The van der Waals surface area contributed by atoms with E-state index in [9.17, 15) is 9.36 Å². The zero-order valence-electron chi connectivity index (χ0n) is 33.8. The molecule has 0 bridgehead atoms. The van der Waals surface area contributed by atoms with Crippen molar-refractivity contribution in [2.45, 2.75) is 238 Å². The lowest BCUT2D eigenvalue weighted by Gasteiger charge is -2.18. The third kappa shape index (κ3) is 43.6. The molecule has 0 aliphatic heterocycles. The van der Waals surface area contributed by atoms with E-state index >= 15 is 0 Å². The number of phosphoric ester groups is 1. The Bertz CT molecular complexity index is 784. The van der Waals surface area contributed by atoms with Gasteiger partial charge in [-0.05, 0) is 38.5 Å². The monoisotopic (exact) mass is 745 g/mol. The van der Waals surface area contributed by atoms with Crippen LogP contribution in [0.1, 0.15) is 232 Å². The average molecular weight is 745 g/mol. The second-order valence-corrected chi connectivity index (χ2v) is 16.3. The Morgan fingerprint density at radius 2 is 0.863 bits per heavy atom. The zero-order chi connectivity index (χ0) is 37.4. The van der Waals surface area contributed by atoms with Gasteiger partial charge in [-0.1, -0.05) is 199 Å². The van der Waals surface area contributed by atoms with Gasteiger partial charge in [0.25, 0.3) is 0 Å². The van der Waals surface area contributed by atoms with Crippen molar-refractivity contribution in [1.82, 2.24) is 0 Å². The first-order chi connectivity index (χ1) is 24.9. The fourth-order valence-electron chi connectivity index (χ4n) is 6.56. The summed E-state index contributed by atoms with van der Waals surface area (Å²) in [4.78, 5) is 30.6. The number of esters is 1. The molecule has 0 aliphatic carbocycles. The summed E-state index contributed by atoms with van der Waals surface area (Å²) in [6.07, 6.45) is 46.4. The van der Waals surface area contributed by atoms with Crippen molar-refractivity contribution in [2.24, 2.45) is 0 Å². The van der Waals surface area contributed by atoms with Crippen LogP contribution in [0.4, 0.5) is 0 Å². The number of ether oxygens (including phenoxy) is 2. The fourth-order valence-corrected chi connectivity index (χ4v) is 6.92.